The van der Waals surface area contributed by atoms with Crippen molar-refractivity contribution in [3.8, 4) is 0 Å². The van der Waals surface area contributed by atoms with Gasteiger partial charge in [0.05, 0.1) is 21.3 Å². The highest BCUT2D eigenvalue weighted by atomic mass is 35.5. The molecule has 0 spiro atoms. The summed E-state index contributed by atoms with van der Waals surface area (Å²) < 4.78 is 0. The third-order valence-corrected chi connectivity index (χ3v) is 6.77. The minimum atomic E-state index is -0.714. The lowest BCUT2D eigenvalue weighted by Crippen LogP contribution is -2.50. The van der Waals surface area contributed by atoms with Gasteiger partial charge in [-0.15, -0.1) is 0 Å². The Hall–Kier alpha value is -1.59. The molecule has 0 unspecified atom stereocenters. The third-order valence-electron chi connectivity index (χ3n) is 5.79. The van der Waals surface area contributed by atoms with Crippen LogP contribution in [0.3, 0.4) is 0 Å². The lowest BCUT2D eigenvalue weighted by molar-refractivity contribution is -0.125. The normalized spacial score (nSPS) is 19.5. The minimum absolute atomic E-state index is 0.0745. The maximum atomic E-state index is 13.4. The van der Waals surface area contributed by atoms with Gasteiger partial charge in [0.25, 0.3) is 0 Å². The monoisotopic (exact) mass is 480 g/mol. The number of carbonyl (C=O) groups excluding carboxylic acids is 2. The number of Topliss-reactive ketones (excluding diaryl/α,β-unsaturated/α-hetero) is 1. The molecule has 0 aliphatic carbocycles. The molecule has 2 aromatic carbocycles. The molecule has 1 heterocycles. The van der Waals surface area contributed by atoms with E-state index in [1.165, 1.54) is 0 Å². The molecule has 0 radical (unpaired) electrons. The fourth-order valence-corrected chi connectivity index (χ4v) is 4.36. The number of hydrogen-bond donors (Lipinski definition) is 1. The van der Waals surface area contributed by atoms with Gasteiger partial charge >= 0.3 is 0 Å². The number of rotatable bonds is 5. The molecule has 1 saturated heterocycles. The molecule has 31 heavy (non-hydrogen) atoms. The van der Waals surface area contributed by atoms with Crippen LogP contribution in [0.4, 0.5) is 5.69 Å². The van der Waals surface area contributed by atoms with E-state index in [4.69, 9.17) is 34.8 Å². The van der Waals surface area contributed by atoms with Crippen LogP contribution in [0.15, 0.2) is 36.4 Å². The van der Waals surface area contributed by atoms with E-state index >= 15 is 0 Å². The fraction of sp³-hybridized carbons (Fsp3) is 0.417. The fourth-order valence-electron chi connectivity index (χ4n) is 3.86. The highest BCUT2D eigenvalue weighted by Gasteiger charge is 2.43. The van der Waals surface area contributed by atoms with Crippen molar-refractivity contribution in [1.82, 2.24) is 4.90 Å². The zero-order chi connectivity index (χ0) is 23.0. The molecule has 0 bridgehead atoms. The molecule has 1 amide bonds. The van der Waals surface area contributed by atoms with Gasteiger partial charge < -0.3 is 5.32 Å². The first-order valence-electron chi connectivity index (χ1n) is 10.3. The van der Waals surface area contributed by atoms with E-state index in [2.05, 4.69) is 10.2 Å². The maximum absolute atomic E-state index is 13.4. The molecule has 2 aromatic rings. The SMILES string of the molecule is CC(C)(C)C(=O)c1cc(Cl)ccc1NC(=O)[C@@]1(C)CCCN1Cc1ccc(Cl)c(Cl)c1. The molecule has 166 valence electrons. The van der Waals surface area contributed by atoms with E-state index in [0.29, 0.717) is 32.9 Å². The van der Waals surface area contributed by atoms with Gasteiger partial charge in [0.15, 0.2) is 5.78 Å². The van der Waals surface area contributed by atoms with Crippen molar-refractivity contribution in [2.45, 2.75) is 52.6 Å². The number of nitrogens with zero attached hydrogens (tertiary/aromatic N) is 1. The lowest BCUT2D eigenvalue weighted by Gasteiger charge is -2.34. The number of benzene rings is 2. The molecule has 1 fully saturated rings. The molecular weight excluding hydrogens is 455 g/mol. The first-order valence-corrected chi connectivity index (χ1v) is 11.4. The molecule has 0 aromatic heterocycles. The molecule has 1 N–H and O–H groups in total. The Morgan fingerprint density at radius 3 is 2.42 bits per heavy atom. The van der Waals surface area contributed by atoms with Gasteiger partial charge in [-0.1, -0.05) is 61.6 Å². The van der Waals surface area contributed by atoms with Crippen LogP contribution in [0, 0.1) is 5.41 Å². The highest BCUT2D eigenvalue weighted by Crippen LogP contribution is 2.34. The Morgan fingerprint density at radius 2 is 1.77 bits per heavy atom. The van der Waals surface area contributed by atoms with E-state index in [1.807, 2.05) is 39.8 Å². The van der Waals surface area contributed by atoms with Gasteiger partial charge in [0.2, 0.25) is 5.91 Å². The predicted molar refractivity (Wildman–Crippen MR) is 128 cm³/mol. The van der Waals surface area contributed by atoms with Crippen molar-refractivity contribution in [1.29, 1.82) is 0 Å². The molecule has 7 heteroatoms. The Kier molecular flexibility index (Phi) is 7.07. The molecule has 1 atom stereocenters. The highest BCUT2D eigenvalue weighted by molar-refractivity contribution is 6.42. The van der Waals surface area contributed by atoms with Crippen LogP contribution >= 0.6 is 34.8 Å². The second-order valence-electron chi connectivity index (χ2n) is 9.27. The van der Waals surface area contributed by atoms with E-state index < -0.39 is 11.0 Å². The number of nitrogens with one attached hydrogen (secondary N) is 1. The summed E-state index contributed by atoms with van der Waals surface area (Å²) in [5.41, 5.74) is 0.586. The number of hydrogen-bond acceptors (Lipinski definition) is 3. The van der Waals surface area contributed by atoms with Crippen LogP contribution < -0.4 is 5.32 Å². The molecule has 3 rings (SSSR count). The van der Waals surface area contributed by atoms with Gasteiger partial charge in [-0.2, -0.15) is 0 Å². The van der Waals surface area contributed by atoms with Crippen molar-refractivity contribution in [3.05, 3.63) is 62.6 Å². The second-order valence-corrected chi connectivity index (χ2v) is 10.5. The first-order chi connectivity index (χ1) is 14.4. The summed E-state index contributed by atoms with van der Waals surface area (Å²) in [6.07, 6.45) is 1.62. The topological polar surface area (TPSA) is 49.4 Å². The summed E-state index contributed by atoms with van der Waals surface area (Å²) in [4.78, 5) is 28.5. The molecule has 4 nitrogen and oxygen atoms in total. The molecule has 1 aliphatic heterocycles. The smallest absolute Gasteiger partial charge is 0.244 e. The van der Waals surface area contributed by atoms with Crippen LogP contribution in [0.5, 0.6) is 0 Å². The van der Waals surface area contributed by atoms with Crippen molar-refractivity contribution >= 4 is 52.2 Å². The molecule has 0 saturated carbocycles. The number of halogens is 3. The number of ketones is 1. The average Bonchev–Trinajstić information content (AvgIpc) is 3.06. The quantitative estimate of drug-likeness (QED) is 0.474. The van der Waals surface area contributed by atoms with E-state index in [-0.39, 0.29) is 11.7 Å². The summed E-state index contributed by atoms with van der Waals surface area (Å²) in [5, 5.41) is 4.46. The zero-order valence-corrected chi connectivity index (χ0v) is 20.5. The van der Waals surface area contributed by atoms with Gasteiger partial charge in [-0.3, -0.25) is 14.5 Å². The Balaban J connectivity index is 1.85. The van der Waals surface area contributed by atoms with Crippen LogP contribution in [-0.4, -0.2) is 28.7 Å². The van der Waals surface area contributed by atoms with Crippen LogP contribution in [0.25, 0.3) is 0 Å². The summed E-state index contributed by atoms with van der Waals surface area (Å²) in [7, 11) is 0. The minimum Gasteiger partial charge on any atom is -0.324 e. The maximum Gasteiger partial charge on any atom is 0.244 e. The van der Waals surface area contributed by atoms with E-state index in [0.717, 1.165) is 24.9 Å². The number of likely N-dealkylation sites (tertiary alicyclic amines) is 1. The second kappa shape index (κ2) is 9.11. The van der Waals surface area contributed by atoms with Crippen molar-refractivity contribution in [3.63, 3.8) is 0 Å². The summed E-state index contributed by atoms with van der Waals surface area (Å²) in [5.74, 6) is -0.218. The molecule has 1 aliphatic rings. The van der Waals surface area contributed by atoms with Gasteiger partial charge in [0, 0.05) is 22.5 Å². The first kappa shape index (κ1) is 24.1. The van der Waals surface area contributed by atoms with Gasteiger partial charge in [0.1, 0.15) is 0 Å². The number of amides is 1. The standard InChI is InChI=1S/C24H27Cl3N2O2/c1-23(2,3)21(30)17-13-16(25)7-9-20(17)28-22(31)24(4)10-5-11-29(24)14-15-6-8-18(26)19(27)12-15/h6-9,12-13H,5,10-11,14H2,1-4H3,(H,28,31)/t24-/m1/s1. The van der Waals surface area contributed by atoms with Crippen LogP contribution in [0.2, 0.25) is 15.1 Å². The Morgan fingerprint density at radius 1 is 1.06 bits per heavy atom. The predicted octanol–water partition coefficient (Wildman–Crippen LogP) is 6.87. The lowest BCUT2D eigenvalue weighted by atomic mass is 9.85. The average molecular weight is 482 g/mol. The third kappa shape index (κ3) is 5.25. The summed E-state index contributed by atoms with van der Waals surface area (Å²) >= 11 is 18.3. The number of carbonyl (C=O) groups is 2. The number of anilines is 1. The van der Waals surface area contributed by atoms with Crippen LogP contribution in [-0.2, 0) is 11.3 Å². The summed E-state index contributed by atoms with van der Waals surface area (Å²) in [6.45, 7) is 8.85. The Bertz CT molecular complexity index is 1020. The van der Waals surface area contributed by atoms with E-state index in [9.17, 15) is 9.59 Å². The van der Waals surface area contributed by atoms with Crippen LogP contribution in [0.1, 0.15) is 56.5 Å². The Labute approximate surface area is 198 Å². The van der Waals surface area contributed by atoms with E-state index in [1.54, 1.807) is 24.3 Å². The zero-order valence-electron chi connectivity index (χ0n) is 18.2. The largest absolute Gasteiger partial charge is 0.324 e. The summed E-state index contributed by atoms with van der Waals surface area (Å²) in [6, 6.07) is 10.5. The molecular formula is C24H27Cl3N2O2. The van der Waals surface area contributed by atoms with Crippen molar-refractivity contribution in [2.24, 2.45) is 5.41 Å². The van der Waals surface area contributed by atoms with Gasteiger partial charge in [-0.25, -0.2) is 0 Å². The van der Waals surface area contributed by atoms with Gasteiger partial charge in [-0.05, 0) is 62.2 Å². The van der Waals surface area contributed by atoms with Crippen molar-refractivity contribution in [2.75, 3.05) is 11.9 Å². The van der Waals surface area contributed by atoms with Crippen molar-refractivity contribution < 1.29 is 9.59 Å².